The van der Waals surface area contributed by atoms with Gasteiger partial charge in [0.25, 0.3) is 0 Å². The summed E-state index contributed by atoms with van der Waals surface area (Å²) in [5, 5.41) is 0. The fourth-order valence-corrected chi connectivity index (χ4v) is 3.41. The lowest BCUT2D eigenvalue weighted by Crippen LogP contribution is -2.51. The molecule has 1 aromatic carbocycles. The molecule has 98 valence electrons. The van der Waals surface area contributed by atoms with Crippen molar-refractivity contribution in [2.45, 2.75) is 58.6 Å². The lowest BCUT2D eigenvalue weighted by Gasteiger charge is -2.45. The SMILES string of the molecule is CCN1c2cc(C)c(C)cc2O[C@@H]2CCCC[C@@H]21. The second-order valence-electron chi connectivity index (χ2n) is 5.70. The quantitative estimate of drug-likeness (QED) is 0.745. The molecule has 1 aromatic rings. The number of aryl methyl sites for hydroxylation is 2. The fraction of sp³-hybridized carbons (Fsp3) is 0.625. The Morgan fingerprint density at radius 2 is 1.89 bits per heavy atom. The molecule has 2 atom stereocenters. The summed E-state index contributed by atoms with van der Waals surface area (Å²) in [7, 11) is 0. The van der Waals surface area contributed by atoms with Crippen LogP contribution in [-0.2, 0) is 0 Å². The molecule has 2 heteroatoms. The Morgan fingerprint density at radius 1 is 1.17 bits per heavy atom. The Labute approximate surface area is 110 Å². The van der Waals surface area contributed by atoms with Crippen LogP contribution in [0.3, 0.4) is 0 Å². The van der Waals surface area contributed by atoms with Gasteiger partial charge in [-0.25, -0.2) is 0 Å². The molecule has 1 heterocycles. The number of anilines is 1. The molecule has 0 radical (unpaired) electrons. The molecule has 2 nitrogen and oxygen atoms in total. The minimum atomic E-state index is 0.410. The van der Waals surface area contributed by atoms with Gasteiger partial charge in [-0.15, -0.1) is 0 Å². The van der Waals surface area contributed by atoms with Crippen molar-refractivity contribution in [1.29, 1.82) is 0 Å². The highest BCUT2D eigenvalue weighted by Gasteiger charge is 2.36. The maximum Gasteiger partial charge on any atom is 0.143 e. The third-order valence-corrected chi connectivity index (χ3v) is 4.57. The standard InChI is InChI=1S/C16H23NO/c1-4-17-13-7-5-6-8-15(13)18-16-10-12(3)11(2)9-14(16)17/h9-10,13,15H,4-8H2,1-3H3/t13-,15+/m0/s1. The van der Waals surface area contributed by atoms with Crippen LogP contribution in [-0.4, -0.2) is 18.7 Å². The Bertz CT molecular complexity index is 455. The molecule has 0 N–H and O–H groups in total. The number of ether oxygens (including phenoxy) is 1. The normalized spacial score (nSPS) is 26.3. The van der Waals surface area contributed by atoms with Gasteiger partial charge in [0.1, 0.15) is 11.9 Å². The third kappa shape index (κ3) is 1.79. The van der Waals surface area contributed by atoms with Crippen LogP contribution >= 0.6 is 0 Å². The van der Waals surface area contributed by atoms with E-state index in [2.05, 4.69) is 37.8 Å². The summed E-state index contributed by atoms with van der Waals surface area (Å²) in [5.74, 6) is 1.10. The zero-order valence-electron chi connectivity index (χ0n) is 11.7. The maximum absolute atomic E-state index is 6.26. The van der Waals surface area contributed by atoms with E-state index in [0.29, 0.717) is 12.1 Å². The molecule has 0 spiro atoms. The second kappa shape index (κ2) is 4.49. The summed E-state index contributed by atoms with van der Waals surface area (Å²) in [6.45, 7) is 7.70. The lowest BCUT2D eigenvalue weighted by molar-refractivity contribution is 0.114. The van der Waals surface area contributed by atoms with E-state index in [-0.39, 0.29) is 0 Å². The van der Waals surface area contributed by atoms with E-state index in [9.17, 15) is 0 Å². The summed E-state index contributed by atoms with van der Waals surface area (Å²) in [5.41, 5.74) is 4.01. The zero-order chi connectivity index (χ0) is 12.7. The average molecular weight is 245 g/mol. The summed E-state index contributed by atoms with van der Waals surface area (Å²) < 4.78 is 6.26. The Kier molecular flexibility index (Phi) is 2.96. The molecule has 2 aliphatic rings. The molecule has 0 amide bonds. The average Bonchev–Trinajstić information content (AvgIpc) is 2.38. The van der Waals surface area contributed by atoms with Gasteiger partial charge in [0.2, 0.25) is 0 Å². The number of benzene rings is 1. The number of rotatable bonds is 1. The molecule has 0 unspecified atom stereocenters. The molecule has 0 aromatic heterocycles. The van der Waals surface area contributed by atoms with Crippen molar-refractivity contribution in [2.24, 2.45) is 0 Å². The summed E-state index contributed by atoms with van der Waals surface area (Å²) >= 11 is 0. The summed E-state index contributed by atoms with van der Waals surface area (Å²) in [6.07, 6.45) is 5.58. The minimum absolute atomic E-state index is 0.410. The predicted molar refractivity (Wildman–Crippen MR) is 75.6 cm³/mol. The van der Waals surface area contributed by atoms with Crippen molar-refractivity contribution in [3.8, 4) is 5.75 Å². The van der Waals surface area contributed by atoms with E-state index in [1.807, 2.05) is 0 Å². The number of likely N-dealkylation sites (N-methyl/N-ethyl adjacent to an activating group) is 1. The Balaban J connectivity index is 2.04. The molecule has 0 saturated heterocycles. The lowest BCUT2D eigenvalue weighted by atomic mass is 9.89. The van der Waals surface area contributed by atoms with Crippen LogP contribution in [0.1, 0.15) is 43.7 Å². The fourth-order valence-electron chi connectivity index (χ4n) is 3.41. The van der Waals surface area contributed by atoms with Crippen molar-refractivity contribution in [1.82, 2.24) is 0 Å². The second-order valence-corrected chi connectivity index (χ2v) is 5.70. The molecule has 1 aliphatic carbocycles. The molecule has 18 heavy (non-hydrogen) atoms. The van der Waals surface area contributed by atoms with Gasteiger partial charge in [-0.1, -0.05) is 6.42 Å². The van der Waals surface area contributed by atoms with Crippen molar-refractivity contribution in [3.63, 3.8) is 0 Å². The van der Waals surface area contributed by atoms with Gasteiger partial charge >= 0.3 is 0 Å². The first-order chi connectivity index (χ1) is 8.70. The van der Waals surface area contributed by atoms with Gasteiger partial charge in [-0.3, -0.25) is 0 Å². The minimum Gasteiger partial charge on any atom is -0.486 e. The highest BCUT2D eigenvalue weighted by Crippen LogP contribution is 2.41. The van der Waals surface area contributed by atoms with Crippen LogP contribution in [0, 0.1) is 13.8 Å². The molecule has 1 saturated carbocycles. The topological polar surface area (TPSA) is 12.5 Å². The number of nitrogens with zero attached hydrogens (tertiary/aromatic N) is 1. The van der Waals surface area contributed by atoms with Crippen LogP contribution in [0.4, 0.5) is 5.69 Å². The summed E-state index contributed by atoms with van der Waals surface area (Å²) in [6, 6.07) is 5.12. The Morgan fingerprint density at radius 3 is 2.67 bits per heavy atom. The highest BCUT2D eigenvalue weighted by atomic mass is 16.5. The number of fused-ring (bicyclic) bond motifs is 2. The Hall–Kier alpha value is -1.18. The molecular weight excluding hydrogens is 222 g/mol. The first kappa shape index (κ1) is 11.9. The van der Waals surface area contributed by atoms with E-state index < -0.39 is 0 Å². The van der Waals surface area contributed by atoms with E-state index >= 15 is 0 Å². The van der Waals surface area contributed by atoms with Crippen LogP contribution in [0.25, 0.3) is 0 Å². The summed E-state index contributed by atoms with van der Waals surface area (Å²) in [4.78, 5) is 2.56. The zero-order valence-corrected chi connectivity index (χ0v) is 11.7. The van der Waals surface area contributed by atoms with Crippen LogP contribution in [0.5, 0.6) is 5.75 Å². The monoisotopic (exact) mass is 245 g/mol. The maximum atomic E-state index is 6.26. The van der Waals surface area contributed by atoms with Crippen molar-refractivity contribution < 1.29 is 4.74 Å². The van der Waals surface area contributed by atoms with Crippen molar-refractivity contribution in [3.05, 3.63) is 23.3 Å². The van der Waals surface area contributed by atoms with Gasteiger partial charge in [0.05, 0.1) is 11.7 Å². The first-order valence-electron chi connectivity index (χ1n) is 7.25. The molecule has 1 fully saturated rings. The molecular formula is C16H23NO. The van der Waals surface area contributed by atoms with Gasteiger partial charge in [-0.05, 0) is 63.3 Å². The smallest absolute Gasteiger partial charge is 0.143 e. The number of hydrogen-bond acceptors (Lipinski definition) is 2. The van der Waals surface area contributed by atoms with Gasteiger partial charge < -0.3 is 9.64 Å². The molecule has 1 aliphatic heterocycles. The predicted octanol–water partition coefficient (Wildman–Crippen LogP) is 3.83. The van der Waals surface area contributed by atoms with E-state index in [4.69, 9.17) is 4.74 Å². The van der Waals surface area contributed by atoms with Crippen molar-refractivity contribution >= 4 is 5.69 Å². The van der Waals surface area contributed by atoms with E-state index in [1.165, 1.54) is 42.5 Å². The number of hydrogen-bond donors (Lipinski definition) is 0. The highest BCUT2D eigenvalue weighted by molar-refractivity contribution is 5.64. The van der Waals surface area contributed by atoms with Crippen molar-refractivity contribution in [2.75, 3.05) is 11.4 Å². The van der Waals surface area contributed by atoms with Crippen LogP contribution in [0.15, 0.2) is 12.1 Å². The first-order valence-corrected chi connectivity index (χ1v) is 7.25. The van der Waals surface area contributed by atoms with Gasteiger partial charge in [0.15, 0.2) is 0 Å². The van der Waals surface area contributed by atoms with Crippen LogP contribution < -0.4 is 9.64 Å². The molecule has 0 bridgehead atoms. The third-order valence-electron chi connectivity index (χ3n) is 4.57. The van der Waals surface area contributed by atoms with E-state index in [0.717, 1.165) is 12.3 Å². The van der Waals surface area contributed by atoms with E-state index in [1.54, 1.807) is 0 Å². The largest absolute Gasteiger partial charge is 0.486 e. The molecule has 3 rings (SSSR count). The van der Waals surface area contributed by atoms with Crippen LogP contribution in [0.2, 0.25) is 0 Å². The van der Waals surface area contributed by atoms with Gasteiger partial charge in [-0.2, -0.15) is 0 Å². The van der Waals surface area contributed by atoms with Gasteiger partial charge in [0, 0.05) is 6.54 Å².